The van der Waals surface area contributed by atoms with E-state index < -0.39 is 0 Å². The van der Waals surface area contributed by atoms with E-state index in [1.165, 1.54) is 11.3 Å². The van der Waals surface area contributed by atoms with Crippen molar-refractivity contribution in [2.45, 2.75) is 20.3 Å². The van der Waals surface area contributed by atoms with E-state index in [1.807, 2.05) is 19.9 Å². The molecule has 4 nitrogen and oxygen atoms in total. The molecule has 0 saturated heterocycles. The lowest BCUT2D eigenvalue weighted by Crippen LogP contribution is -2.14. The van der Waals surface area contributed by atoms with Gasteiger partial charge in [-0.25, -0.2) is 0 Å². The van der Waals surface area contributed by atoms with Crippen molar-refractivity contribution in [1.29, 1.82) is 0 Å². The maximum atomic E-state index is 12.1. The highest BCUT2D eigenvalue weighted by Crippen LogP contribution is 2.21. The van der Waals surface area contributed by atoms with Crippen molar-refractivity contribution in [2.75, 3.05) is 5.32 Å². The number of nitrogens with two attached hydrogens (primary N) is 1. The first-order chi connectivity index (χ1) is 9.45. The molecule has 2 amide bonds. The fourth-order valence-corrected chi connectivity index (χ4v) is 2.71. The van der Waals surface area contributed by atoms with Gasteiger partial charge >= 0.3 is 0 Å². The molecule has 20 heavy (non-hydrogen) atoms. The van der Waals surface area contributed by atoms with Crippen LogP contribution in [0.1, 0.15) is 25.7 Å². The second kappa shape index (κ2) is 5.88. The number of thiophene rings is 1. The lowest BCUT2D eigenvalue weighted by atomic mass is 10.1. The molecule has 0 bridgehead atoms. The fraction of sp³-hybridized carbons (Fsp3) is 0.200. The fourth-order valence-electron chi connectivity index (χ4n) is 1.78. The van der Waals surface area contributed by atoms with Crippen LogP contribution in [0.2, 0.25) is 0 Å². The Labute approximate surface area is 121 Å². The SMILES string of the molecule is Cc1cc(C(=O)Nc2ccc(CC(N)=O)cc2)sc1C. The van der Waals surface area contributed by atoms with Crippen molar-refractivity contribution < 1.29 is 9.59 Å². The Bertz CT molecular complexity index is 625. The van der Waals surface area contributed by atoms with E-state index in [0.717, 1.165) is 16.0 Å². The predicted molar refractivity (Wildman–Crippen MR) is 81.1 cm³/mol. The standard InChI is InChI=1S/C15H16N2O2S/c1-9-7-13(20-10(9)2)15(19)17-12-5-3-11(4-6-12)8-14(16)18/h3-7H,8H2,1-2H3,(H2,16,18)(H,17,19). The monoisotopic (exact) mass is 288 g/mol. The van der Waals surface area contributed by atoms with E-state index in [1.54, 1.807) is 24.3 Å². The van der Waals surface area contributed by atoms with Crippen molar-refractivity contribution in [3.8, 4) is 0 Å². The van der Waals surface area contributed by atoms with Gasteiger partial charge in [0.1, 0.15) is 0 Å². The number of hydrogen-bond donors (Lipinski definition) is 2. The summed E-state index contributed by atoms with van der Waals surface area (Å²) in [5, 5.41) is 2.83. The van der Waals surface area contributed by atoms with Gasteiger partial charge in [0, 0.05) is 10.6 Å². The minimum absolute atomic E-state index is 0.117. The molecule has 0 aliphatic heterocycles. The van der Waals surface area contributed by atoms with Crippen LogP contribution >= 0.6 is 11.3 Å². The van der Waals surface area contributed by atoms with Crippen molar-refractivity contribution >= 4 is 28.8 Å². The maximum Gasteiger partial charge on any atom is 0.265 e. The Hall–Kier alpha value is -2.14. The van der Waals surface area contributed by atoms with Gasteiger partial charge in [0.05, 0.1) is 11.3 Å². The summed E-state index contributed by atoms with van der Waals surface area (Å²) < 4.78 is 0. The molecule has 104 valence electrons. The Kier molecular flexibility index (Phi) is 4.20. The molecule has 0 radical (unpaired) electrons. The summed E-state index contributed by atoms with van der Waals surface area (Å²) in [5.41, 5.74) is 7.78. The van der Waals surface area contributed by atoms with E-state index in [4.69, 9.17) is 5.73 Å². The smallest absolute Gasteiger partial charge is 0.265 e. The van der Waals surface area contributed by atoms with Crippen LogP contribution in [0.3, 0.4) is 0 Å². The number of amides is 2. The van der Waals surface area contributed by atoms with Crippen molar-refractivity contribution in [1.82, 2.24) is 0 Å². The second-order valence-electron chi connectivity index (χ2n) is 4.64. The highest BCUT2D eigenvalue weighted by atomic mass is 32.1. The summed E-state index contributed by atoms with van der Waals surface area (Å²) in [6, 6.07) is 8.99. The van der Waals surface area contributed by atoms with Crippen LogP contribution in [0.15, 0.2) is 30.3 Å². The van der Waals surface area contributed by atoms with Crippen LogP contribution in [0.4, 0.5) is 5.69 Å². The first kappa shape index (κ1) is 14.3. The van der Waals surface area contributed by atoms with Crippen LogP contribution in [0.5, 0.6) is 0 Å². The maximum absolute atomic E-state index is 12.1. The largest absolute Gasteiger partial charge is 0.369 e. The topological polar surface area (TPSA) is 72.2 Å². The van der Waals surface area contributed by atoms with Crippen LogP contribution in [0.25, 0.3) is 0 Å². The Morgan fingerprint density at radius 3 is 2.35 bits per heavy atom. The highest BCUT2D eigenvalue weighted by molar-refractivity contribution is 7.14. The third kappa shape index (κ3) is 3.45. The first-order valence-corrected chi connectivity index (χ1v) is 7.03. The Morgan fingerprint density at radius 1 is 1.20 bits per heavy atom. The summed E-state index contributed by atoms with van der Waals surface area (Å²) in [4.78, 5) is 24.7. The van der Waals surface area contributed by atoms with Crippen molar-refractivity contribution in [3.05, 3.63) is 51.2 Å². The number of hydrogen-bond acceptors (Lipinski definition) is 3. The van der Waals surface area contributed by atoms with E-state index >= 15 is 0 Å². The van der Waals surface area contributed by atoms with E-state index in [-0.39, 0.29) is 18.2 Å². The molecule has 0 unspecified atom stereocenters. The molecular weight excluding hydrogens is 272 g/mol. The Balaban J connectivity index is 2.06. The van der Waals surface area contributed by atoms with Crippen molar-refractivity contribution in [2.24, 2.45) is 5.73 Å². The summed E-state index contributed by atoms with van der Waals surface area (Å²) in [7, 11) is 0. The molecule has 1 aromatic carbocycles. The first-order valence-electron chi connectivity index (χ1n) is 6.21. The number of aryl methyl sites for hydroxylation is 2. The average Bonchev–Trinajstić information content (AvgIpc) is 2.71. The molecule has 0 fully saturated rings. The summed E-state index contributed by atoms with van der Waals surface area (Å²) in [6.07, 6.45) is 0.206. The predicted octanol–water partition coefficient (Wildman–Crippen LogP) is 2.65. The molecule has 1 heterocycles. The van der Waals surface area contributed by atoms with Gasteiger partial charge < -0.3 is 11.1 Å². The normalized spacial score (nSPS) is 10.3. The van der Waals surface area contributed by atoms with E-state index in [0.29, 0.717) is 10.6 Å². The van der Waals surface area contributed by atoms with Gasteiger partial charge in [0.2, 0.25) is 5.91 Å². The second-order valence-corrected chi connectivity index (χ2v) is 5.90. The lowest BCUT2D eigenvalue weighted by Gasteiger charge is -2.04. The molecule has 2 aromatic rings. The third-order valence-corrected chi connectivity index (χ3v) is 4.13. The van der Waals surface area contributed by atoms with Gasteiger partial charge in [-0.1, -0.05) is 12.1 Å². The number of benzene rings is 1. The number of nitrogens with one attached hydrogen (secondary N) is 1. The van der Waals surface area contributed by atoms with Crippen LogP contribution < -0.4 is 11.1 Å². The van der Waals surface area contributed by atoms with Crippen LogP contribution in [0, 0.1) is 13.8 Å². The molecule has 1 aromatic heterocycles. The quantitative estimate of drug-likeness (QED) is 0.907. The van der Waals surface area contributed by atoms with Gasteiger partial charge in [-0.05, 0) is 43.2 Å². The van der Waals surface area contributed by atoms with Gasteiger partial charge in [-0.2, -0.15) is 0 Å². The molecule has 0 saturated carbocycles. The number of rotatable bonds is 4. The minimum atomic E-state index is -0.369. The molecule has 3 N–H and O–H groups in total. The number of carbonyl (C=O) groups is 2. The van der Waals surface area contributed by atoms with Crippen LogP contribution in [-0.2, 0) is 11.2 Å². The highest BCUT2D eigenvalue weighted by Gasteiger charge is 2.10. The molecule has 0 atom stereocenters. The molecule has 0 spiro atoms. The molecule has 0 aliphatic carbocycles. The molecule has 5 heteroatoms. The zero-order chi connectivity index (χ0) is 14.7. The van der Waals surface area contributed by atoms with Crippen molar-refractivity contribution in [3.63, 3.8) is 0 Å². The minimum Gasteiger partial charge on any atom is -0.369 e. The van der Waals surface area contributed by atoms with Gasteiger partial charge in [0.25, 0.3) is 5.91 Å². The summed E-state index contributed by atoms with van der Waals surface area (Å²) in [6.45, 7) is 3.98. The van der Waals surface area contributed by atoms with E-state index in [9.17, 15) is 9.59 Å². The third-order valence-electron chi connectivity index (χ3n) is 2.98. The average molecular weight is 288 g/mol. The zero-order valence-electron chi connectivity index (χ0n) is 11.4. The van der Waals surface area contributed by atoms with Gasteiger partial charge in [0.15, 0.2) is 0 Å². The molecule has 0 aliphatic rings. The zero-order valence-corrected chi connectivity index (χ0v) is 12.2. The Morgan fingerprint density at radius 2 is 1.85 bits per heavy atom. The van der Waals surface area contributed by atoms with E-state index in [2.05, 4.69) is 5.32 Å². The number of anilines is 1. The summed E-state index contributed by atoms with van der Waals surface area (Å²) >= 11 is 1.48. The van der Waals surface area contributed by atoms with Crippen LogP contribution in [-0.4, -0.2) is 11.8 Å². The lowest BCUT2D eigenvalue weighted by molar-refractivity contribution is -0.117. The number of primary amides is 1. The summed E-state index contributed by atoms with van der Waals surface area (Å²) in [5.74, 6) is -0.486. The van der Waals surface area contributed by atoms with Gasteiger partial charge in [-0.3, -0.25) is 9.59 Å². The molecule has 2 rings (SSSR count). The van der Waals surface area contributed by atoms with Gasteiger partial charge in [-0.15, -0.1) is 11.3 Å². The number of carbonyl (C=O) groups excluding carboxylic acids is 2. The molecular formula is C15H16N2O2S.